The van der Waals surface area contributed by atoms with Gasteiger partial charge in [-0.25, -0.2) is 18.1 Å². The number of para-hydroxylation sites is 1. The van der Waals surface area contributed by atoms with Gasteiger partial charge in [-0.2, -0.15) is 0 Å². The predicted molar refractivity (Wildman–Crippen MR) is 106 cm³/mol. The second-order valence-electron chi connectivity index (χ2n) is 7.60. The molecular weight excluding hydrogens is 394 g/mol. The Balaban J connectivity index is 1.69. The molecule has 4 rings (SSSR count). The summed E-state index contributed by atoms with van der Waals surface area (Å²) < 4.78 is 28.1. The van der Waals surface area contributed by atoms with Crippen molar-refractivity contribution in [3.8, 4) is 0 Å². The van der Waals surface area contributed by atoms with Crippen LogP contribution in [0.4, 0.5) is 8.78 Å². The van der Waals surface area contributed by atoms with Crippen molar-refractivity contribution in [1.29, 1.82) is 0 Å². The van der Waals surface area contributed by atoms with Crippen molar-refractivity contribution < 1.29 is 13.6 Å². The van der Waals surface area contributed by atoms with E-state index in [9.17, 15) is 23.2 Å². The Morgan fingerprint density at radius 1 is 1.30 bits per heavy atom. The highest BCUT2D eigenvalue weighted by Gasteiger charge is 2.33. The lowest BCUT2D eigenvalue weighted by molar-refractivity contribution is -0.125. The molecule has 2 heterocycles. The number of hydrogen-bond donors (Lipinski definition) is 2. The predicted octanol–water partition coefficient (Wildman–Crippen LogP) is 2.58. The number of aromatic amines is 1. The summed E-state index contributed by atoms with van der Waals surface area (Å²) in [5.74, 6) is -2.07. The van der Waals surface area contributed by atoms with E-state index in [4.69, 9.17) is 0 Å². The standard InChI is InChI=1S/C21H20F2N4O3/c1-11(18-15(23)9-13(22)10-24-18)25-19(28)17(8-12-6-7-12)27-20(29)14-4-2-3-5-16(14)26-21(27)30/h2-5,9-12,17H,6-8H2,1H3,(H,25,28)(H,26,30)/t11-,17-/m0/s1. The van der Waals surface area contributed by atoms with E-state index < -0.39 is 40.9 Å². The zero-order valence-corrected chi connectivity index (χ0v) is 16.2. The van der Waals surface area contributed by atoms with Gasteiger partial charge >= 0.3 is 5.69 Å². The van der Waals surface area contributed by atoms with Gasteiger partial charge in [-0.1, -0.05) is 25.0 Å². The molecule has 0 aliphatic heterocycles. The molecule has 2 aromatic heterocycles. The number of amides is 1. The minimum Gasteiger partial charge on any atom is -0.346 e. The van der Waals surface area contributed by atoms with E-state index in [2.05, 4.69) is 15.3 Å². The van der Waals surface area contributed by atoms with Crippen LogP contribution in [-0.2, 0) is 4.79 Å². The number of nitrogens with zero attached hydrogens (tertiary/aromatic N) is 2. The number of benzene rings is 1. The summed E-state index contributed by atoms with van der Waals surface area (Å²) in [7, 11) is 0. The molecular formula is C21H20F2N4O3. The molecule has 0 bridgehead atoms. The van der Waals surface area contributed by atoms with E-state index >= 15 is 0 Å². The van der Waals surface area contributed by atoms with Gasteiger partial charge in [0, 0.05) is 6.07 Å². The molecule has 0 radical (unpaired) electrons. The maximum absolute atomic E-state index is 14.0. The fraction of sp³-hybridized carbons (Fsp3) is 0.333. The largest absolute Gasteiger partial charge is 0.346 e. The molecule has 0 unspecified atom stereocenters. The molecule has 30 heavy (non-hydrogen) atoms. The van der Waals surface area contributed by atoms with Gasteiger partial charge in [0.25, 0.3) is 5.56 Å². The lowest BCUT2D eigenvalue weighted by Gasteiger charge is -2.22. The lowest BCUT2D eigenvalue weighted by atomic mass is 10.1. The first-order valence-corrected chi connectivity index (χ1v) is 9.70. The number of hydrogen-bond acceptors (Lipinski definition) is 4. The molecule has 2 atom stereocenters. The summed E-state index contributed by atoms with van der Waals surface area (Å²) in [5.41, 5.74) is -0.984. The fourth-order valence-electron chi connectivity index (χ4n) is 3.58. The van der Waals surface area contributed by atoms with Crippen LogP contribution in [0.15, 0.2) is 46.1 Å². The topological polar surface area (TPSA) is 96.9 Å². The molecule has 3 aromatic rings. The molecule has 1 aliphatic carbocycles. The van der Waals surface area contributed by atoms with E-state index in [1.54, 1.807) is 24.3 Å². The fourth-order valence-corrected chi connectivity index (χ4v) is 3.58. The van der Waals surface area contributed by atoms with Crippen LogP contribution in [0.25, 0.3) is 10.9 Å². The molecule has 9 heteroatoms. The number of pyridine rings is 1. The third-order valence-corrected chi connectivity index (χ3v) is 5.31. The molecule has 1 saturated carbocycles. The molecule has 1 amide bonds. The van der Waals surface area contributed by atoms with Crippen molar-refractivity contribution in [2.45, 2.75) is 38.3 Å². The highest BCUT2D eigenvalue weighted by Crippen LogP contribution is 2.36. The Morgan fingerprint density at radius 3 is 2.73 bits per heavy atom. The molecule has 1 aliphatic rings. The summed E-state index contributed by atoms with van der Waals surface area (Å²) in [6.07, 6.45) is 3.00. The first-order valence-electron chi connectivity index (χ1n) is 9.70. The summed E-state index contributed by atoms with van der Waals surface area (Å²) >= 11 is 0. The SMILES string of the molecule is C[C@H](NC(=O)[C@H](CC1CC1)n1c(=O)[nH]c2ccccc2c1=O)c1ncc(F)cc1F. The lowest BCUT2D eigenvalue weighted by Crippen LogP contribution is -2.45. The van der Waals surface area contributed by atoms with Gasteiger partial charge in [-0.05, 0) is 31.4 Å². The third kappa shape index (κ3) is 3.87. The van der Waals surface area contributed by atoms with Crippen LogP contribution in [0.3, 0.4) is 0 Å². The van der Waals surface area contributed by atoms with Crippen LogP contribution in [0.2, 0.25) is 0 Å². The average Bonchev–Trinajstić information content (AvgIpc) is 3.51. The van der Waals surface area contributed by atoms with Gasteiger partial charge in [0.05, 0.1) is 28.8 Å². The number of aromatic nitrogens is 3. The van der Waals surface area contributed by atoms with E-state index in [0.29, 0.717) is 23.4 Å². The van der Waals surface area contributed by atoms with E-state index in [0.717, 1.165) is 23.6 Å². The molecule has 0 spiro atoms. The average molecular weight is 414 g/mol. The number of carbonyl (C=O) groups excluding carboxylic acids is 1. The number of H-pyrrole nitrogens is 1. The molecule has 2 N–H and O–H groups in total. The zero-order valence-electron chi connectivity index (χ0n) is 16.2. The second kappa shape index (κ2) is 7.81. The summed E-state index contributed by atoms with van der Waals surface area (Å²) in [4.78, 5) is 45.1. The van der Waals surface area contributed by atoms with Gasteiger partial charge in [0.2, 0.25) is 5.91 Å². The van der Waals surface area contributed by atoms with Gasteiger partial charge in [-0.15, -0.1) is 0 Å². The van der Waals surface area contributed by atoms with Gasteiger partial charge < -0.3 is 10.3 Å². The monoisotopic (exact) mass is 414 g/mol. The summed E-state index contributed by atoms with van der Waals surface area (Å²) in [6, 6.07) is 5.32. The van der Waals surface area contributed by atoms with Crippen LogP contribution in [0.5, 0.6) is 0 Å². The summed E-state index contributed by atoms with van der Waals surface area (Å²) in [6.45, 7) is 1.50. The molecule has 1 fully saturated rings. The highest BCUT2D eigenvalue weighted by atomic mass is 19.1. The van der Waals surface area contributed by atoms with Gasteiger partial charge in [0.15, 0.2) is 0 Å². The third-order valence-electron chi connectivity index (χ3n) is 5.31. The van der Waals surface area contributed by atoms with Crippen LogP contribution in [0.1, 0.15) is 44.0 Å². The maximum atomic E-state index is 14.0. The highest BCUT2D eigenvalue weighted by molar-refractivity contribution is 5.82. The van der Waals surface area contributed by atoms with Crippen LogP contribution >= 0.6 is 0 Å². The minimum absolute atomic E-state index is 0.130. The van der Waals surface area contributed by atoms with Crippen molar-refractivity contribution >= 4 is 16.8 Å². The Morgan fingerprint density at radius 2 is 2.03 bits per heavy atom. The van der Waals surface area contributed by atoms with E-state index in [-0.39, 0.29) is 11.6 Å². The van der Waals surface area contributed by atoms with E-state index in [1.165, 1.54) is 6.92 Å². The summed E-state index contributed by atoms with van der Waals surface area (Å²) in [5, 5.41) is 2.91. The number of halogens is 2. The normalized spacial score (nSPS) is 15.7. The number of fused-ring (bicyclic) bond motifs is 1. The Labute approximate surface area is 169 Å². The Bertz CT molecular complexity index is 1230. The number of carbonyl (C=O) groups is 1. The van der Waals surface area contributed by atoms with Crippen molar-refractivity contribution in [2.24, 2.45) is 5.92 Å². The van der Waals surface area contributed by atoms with Crippen molar-refractivity contribution in [1.82, 2.24) is 19.9 Å². The van der Waals surface area contributed by atoms with Crippen LogP contribution in [0, 0.1) is 17.6 Å². The Kier molecular flexibility index (Phi) is 5.19. The molecule has 7 nitrogen and oxygen atoms in total. The van der Waals surface area contributed by atoms with Crippen molar-refractivity contribution in [3.63, 3.8) is 0 Å². The smallest absolute Gasteiger partial charge is 0.329 e. The van der Waals surface area contributed by atoms with Crippen molar-refractivity contribution in [2.75, 3.05) is 0 Å². The van der Waals surface area contributed by atoms with Crippen LogP contribution in [-0.4, -0.2) is 20.4 Å². The van der Waals surface area contributed by atoms with Gasteiger partial charge in [-0.3, -0.25) is 14.6 Å². The van der Waals surface area contributed by atoms with Gasteiger partial charge in [0.1, 0.15) is 17.7 Å². The molecule has 156 valence electrons. The van der Waals surface area contributed by atoms with Crippen molar-refractivity contribution in [3.05, 3.63) is 74.7 Å². The zero-order chi connectivity index (χ0) is 21.4. The molecule has 0 saturated heterocycles. The maximum Gasteiger partial charge on any atom is 0.329 e. The van der Waals surface area contributed by atoms with E-state index in [1.807, 2.05) is 0 Å². The molecule has 1 aromatic carbocycles. The minimum atomic E-state index is -1.05. The number of nitrogens with one attached hydrogen (secondary N) is 2. The second-order valence-corrected chi connectivity index (χ2v) is 7.60. The first-order chi connectivity index (χ1) is 14.3. The first kappa shape index (κ1) is 19.9. The Hall–Kier alpha value is -3.36. The number of rotatable bonds is 6. The van der Waals surface area contributed by atoms with Crippen LogP contribution < -0.4 is 16.6 Å². The quantitative estimate of drug-likeness (QED) is 0.648.